The van der Waals surface area contributed by atoms with Crippen LogP contribution in [0, 0.1) is 0 Å². The molecule has 0 aliphatic carbocycles. The Hall–Kier alpha value is -1.31. The number of likely N-dealkylation sites (tertiary alicyclic amines) is 1. The highest BCUT2D eigenvalue weighted by molar-refractivity contribution is 5.96. The Kier molecular flexibility index (Phi) is 4.17. The van der Waals surface area contributed by atoms with Gasteiger partial charge >= 0.3 is 0 Å². The van der Waals surface area contributed by atoms with E-state index in [-0.39, 0.29) is 5.91 Å². The summed E-state index contributed by atoms with van der Waals surface area (Å²) in [6, 6.07) is 0. The highest BCUT2D eigenvalue weighted by Crippen LogP contribution is 2.12. The molecule has 0 unspecified atom stereocenters. The Bertz CT molecular complexity index is 270. The number of nitrogens with zero attached hydrogens (tertiary/aromatic N) is 1. The van der Waals surface area contributed by atoms with Crippen LogP contribution in [-0.4, -0.2) is 23.9 Å². The minimum atomic E-state index is 0.125. The van der Waals surface area contributed by atoms with Crippen molar-refractivity contribution in [3.05, 3.63) is 36.5 Å². The fraction of sp³-hybridized carbons (Fsp3) is 0.417. The second-order valence-corrected chi connectivity index (χ2v) is 3.36. The number of amides is 1. The summed E-state index contributed by atoms with van der Waals surface area (Å²) in [6.07, 6.45) is 9.39. The molecule has 0 atom stereocenters. The Morgan fingerprint density at radius 1 is 1.36 bits per heavy atom. The Morgan fingerprint density at radius 2 is 2.00 bits per heavy atom. The molecule has 1 rings (SSSR count). The molecule has 1 amide bonds. The van der Waals surface area contributed by atoms with Crippen LogP contribution in [0.1, 0.15) is 19.8 Å². The van der Waals surface area contributed by atoms with Crippen molar-refractivity contribution < 1.29 is 4.79 Å². The lowest BCUT2D eigenvalue weighted by atomic mass is 10.2. The highest BCUT2D eigenvalue weighted by atomic mass is 16.2. The van der Waals surface area contributed by atoms with Gasteiger partial charge in [0, 0.05) is 18.7 Å². The largest absolute Gasteiger partial charge is 0.339 e. The highest BCUT2D eigenvalue weighted by Gasteiger charge is 2.19. The van der Waals surface area contributed by atoms with Gasteiger partial charge in [0.15, 0.2) is 0 Å². The zero-order valence-electron chi connectivity index (χ0n) is 8.70. The van der Waals surface area contributed by atoms with Gasteiger partial charge in [0.25, 0.3) is 5.91 Å². The molecule has 1 heterocycles. The summed E-state index contributed by atoms with van der Waals surface area (Å²) in [5.41, 5.74) is 0.726. The van der Waals surface area contributed by atoms with Crippen LogP contribution < -0.4 is 0 Å². The zero-order chi connectivity index (χ0) is 10.4. The first-order valence-electron chi connectivity index (χ1n) is 5.04. The van der Waals surface area contributed by atoms with Gasteiger partial charge in [-0.25, -0.2) is 0 Å². The summed E-state index contributed by atoms with van der Waals surface area (Å²) < 4.78 is 0. The van der Waals surface area contributed by atoms with Crippen molar-refractivity contribution in [1.82, 2.24) is 4.90 Å². The molecule has 14 heavy (non-hydrogen) atoms. The Labute approximate surface area is 85.6 Å². The van der Waals surface area contributed by atoms with Crippen LogP contribution in [0.4, 0.5) is 0 Å². The molecule has 1 aliphatic rings. The van der Waals surface area contributed by atoms with Gasteiger partial charge in [0.2, 0.25) is 0 Å². The van der Waals surface area contributed by atoms with Crippen LogP contribution in [0.25, 0.3) is 0 Å². The number of hydrogen-bond donors (Lipinski definition) is 0. The summed E-state index contributed by atoms with van der Waals surface area (Å²) >= 11 is 0. The van der Waals surface area contributed by atoms with Crippen molar-refractivity contribution in [2.24, 2.45) is 0 Å². The lowest BCUT2D eigenvalue weighted by Gasteiger charge is -2.15. The van der Waals surface area contributed by atoms with E-state index in [1.807, 2.05) is 24.0 Å². The van der Waals surface area contributed by atoms with Crippen LogP contribution in [0.2, 0.25) is 0 Å². The van der Waals surface area contributed by atoms with Gasteiger partial charge in [-0.2, -0.15) is 0 Å². The number of carbonyl (C=O) groups is 1. The van der Waals surface area contributed by atoms with Crippen LogP contribution >= 0.6 is 0 Å². The third-order valence-electron chi connectivity index (χ3n) is 2.28. The maximum atomic E-state index is 11.9. The van der Waals surface area contributed by atoms with E-state index in [1.54, 1.807) is 12.2 Å². The zero-order valence-corrected chi connectivity index (χ0v) is 8.70. The Morgan fingerprint density at radius 3 is 2.50 bits per heavy atom. The number of carbonyl (C=O) groups excluding carboxylic acids is 1. The molecule has 2 nitrogen and oxygen atoms in total. The van der Waals surface area contributed by atoms with E-state index in [0.29, 0.717) is 0 Å². The standard InChI is InChI=1S/C12H17NO/c1-3-7-11(8-4-2)12(14)13-9-5-6-10-13/h3-4,7-8H,1,5-6,9-10H2,2H3/b8-4-,11-7+. The van der Waals surface area contributed by atoms with E-state index in [0.717, 1.165) is 31.5 Å². The molecule has 0 aromatic carbocycles. The molecule has 76 valence electrons. The lowest BCUT2D eigenvalue weighted by molar-refractivity contribution is -0.125. The molecule has 0 radical (unpaired) electrons. The maximum absolute atomic E-state index is 11.9. The number of rotatable bonds is 3. The molecule has 0 bridgehead atoms. The van der Waals surface area contributed by atoms with Crippen LogP contribution in [0.15, 0.2) is 36.5 Å². The molecule has 0 aromatic heterocycles. The van der Waals surface area contributed by atoms with E-state index < -0.39 is 0 Å². The van der Waals surface area contributed by atoms with Gasteiger partial charge < -0.3 is 4.90 Å². The average molecular weight is 191 g/mol. The lowest BCUT2D eigenvalue weighted by Crippen LogP contribution is -2.28. The summed E-state index contributed by atoms with van der Waals surface area (Å²) in [4.78, 5) is 13.8. The molecule has 0 aromatic rings. The fourth-order valence-electron chi connectivity index (χ4n) is 1.61. The second-order valence-electron chi connectivity index (χ2n) is 3.36. The van der Waals surface area contributed by atoms with E-state index in [9.17, 15) is 4.79 Å². The summed E-state index contributed by atoms with van der Waals surface area (Å²) in [6.45, 7) is 7.31. The van der Waals surface area contributed by atoms with Crippen molar-refractivity contribution in [3.63, 3.8) is 0 Å². The number of allylic oxidation sites excluding steroid dienone is 3. The minimum absolute atomic E-state index is 0.125. The van der Waals surface area contributed by atoms with Gasteiger partial charge in [0.05, 0.1) is 0 Å². The quantitative estimate of drug-likeness (QED) is 0.495. The third kappa shape index (κ3) is 2.59. The molecular weight excluding hydrogens is 174 g/mol. The van der Waals surface area contributed by atoms with Gasteiger partial charge in [-0.05, 0) is 19.8 Å². The smallest absolute Gasteiger partial charge is 0.253 e. The van der Waals surface area contributed by atoms with E-state index >= 15 is 0 Å². The molecule has 1 aliphatic heterocycles. The van der Waals surface area contributed by atoms with Crippen LogP contribution in [0.3, 0.4) is 0 Å². The average Bonchev–Trinajstić information content (AvgIpc) is 2.69. The predicted molar refractivity (Wildman–Crippen MR) is 58.9 cm³/mol. The van der Waals surface area contributed by atoms with Gasteiger partial charge in [0.1, 0.15) is 0 Å². The fourth-order valence-corrected chi connectivity index (χ4v) is 1.61. The Balaban J connectivity index is 2.72. The first kappa shape index (κ1) is 10.8. The minimum Gasteiger partial charge on any atom is -0.339 e. The number of hydrogen-bond acceptors (Lipinski definition) is 1. The second kappa shape index (κ2) is 5.43. The molecule has 0 saturated carbocycles. The predicted octanol–water partition coefficient (Wildman–Crippen LogP) is 2.30. The SMILES string of the molecule is C=C/C=C(\C=C/C)C(=O)N1CCCC1. The van der Waals surface area contributed by atoms with Gasteiger partial charge in [-0.1, -0.05) is 30.9 Å². The van der Waals surface area contributed by atoms with Crippen molar-refractivity contribution in [3.8, 4) is 0 Å². The van der Waals surface area contributed by atoms with E-state index in [2.05, 4.69) is 6.58 Å². The monoisotopic (exact) mass is 191 g/mol. The molecule has 1 saturated heterocycles. The maximum Gasteiger partial charge on any atom is 0.253 e. The van der Waals surface area contributed by atoms with Crippen molar-refractivity contribution in [2.75, 3.05) is 13.1 Å². The molecule has 1 fully saturated rings. The topological polar surface area (TPSA) is 20.3 Å². The van der Waals surface area contributed by atoms with E-state index in [4.69, 9.17) is 0 Å². The third-order valence-corrected chi connectivity index (χ3v) is 2.28. The van der Waals surface area contributed by atoms with Crippen molar-refractivity contribution >= 4 is 5.91 Å². The molecule has 0 spiro atoms. The normalized spacial score (nSPS) is 17.8. The molecule has 0 N–H and O–H groups in total. The summed E-state index contributed by atoms with van der Waals surface area (Å²) in [7, 11) is 0. The van der Waals surface area contributed by atoms with Gasteiger partial charge in [-0.15, -0.1) is 0 Å². The summed E-state index contributed by atoms with van der Waals surface area (Å²) in [5, 5.41) is 0. The molecular formula is C12H17NO. The van der Waals surface area contributed by atoms with Crippen LogP contribution in [-0.2, 0) is 4.79 Å². The van der Waals surface area contributed by atoms with Crippen LogP contribution in [0.5, 0.6) is 0 Å². The van der Waals surface area contributed by atoms with Crippen molar-refractivity contribution in [2.45, 2.75) is 19.8 Å². The first-order chi connectivity index (χ1) is 6.79. The van der Waals surface area contributed by atoms with Gasteiger partial charge in [-0.3, -0.25) is 4.79 Å². The first-order valence-corrected chi connectivity index (χ1v) is 5.04. The van der Waals surface area contributed by atoms with Crippen molar-refractivity contribution in [1.29, 1.82) is 0 Å². The molecule has 2 heteroatoms. The van der Waals surface area contributed by atoms with E-state index in [1.165, 1.54) is 0 Å². The summed E-state index contributed by atoms with van der Waals surface area (Å²) in [5.74, 6) is 0.125.